The third-order valence-electron chi connectivity index (χ3n) is 3.97. The highest BCUT2D eigenvalue weighted by atomic mass is 35.5. The molecular formula is C18H16ClNOS. The molecule has 3 aromatic rings. The molecule has 0 aliphatic carbocycles. The van der Waals surface area contributed by atoms with Crippen molar-refractivity contribution in [1.82, 2.24) is 0 Å². The van der Waals surface area contributed by atoms with Gasteiger partial charge in [-0.3, -0.25) is 4.79 Å². The average molecular weight is 330 g/mol. The molecule has 2 aromatic carbocycles. The van der Waals surface area contributed by atoms with Gasteiger partial charge in [0.1, 0.15) is 4.88 Å². The Kier molecular flexibility index (Phi) is 3.94. The summed E-state index contributed by atoms with van der Waals surface area (Å²) in [7, 11) is 1.80. The molecule has 0 saturated heterocycles. The van der Waals surface area contributed by atoms with Gasteiger partial charge in [-0.05, 0) is 37.1 Å². The predicted octanol–water partition coefficient (Wildman–Crippen LogP) is 5.45. The van der Waals surface area contributed by atoms with Crippen LogP contribution in [-0.4, -0.2) is 13.0 Å². The van der Waals surface area contributed by atoms with Crippen molar-refractivity contribution in [2.45, 2.75) is 13.8 Å². The number of carbonyl (C=O) groups is 1. The van der Waals surface area contributed by atoms with Crippen molar-refractivity contribution in [2.24, 2.45) is 0 Å². The van der Waals surface area contributed by atoms with Crippen LogP contribution in [0.5, 0.6) is 0 Å². The first-order valence-corrected chi connectivity index (χ1v) is 8.21. The number of carbonyl (C=O) groups excluding carboxylic acids is 1. The van der Waals surface area contributed by atoms with Gasteiger partial charge in [-0.15, -0.1) is 11.3 Å². The third kappa shape index (κ3) is 2.40. The predicted molar refractivity (Wildman–Crippen MR) is 95.5 cm³/mol. The maximum absolute atomic E-state index is 12.9. The molecule has 4 heteroatoms. The summed E-state index contributed by atoms with van der Waals surface area (Å²) in [5.74, 6) is -0.0695. The Morgan fingerprint density at radius 1 is 1.09 bits per heavy atom. The molecule has 1 amide bonds. The summed E-state index contributed by atoms with van der Waals surface area (Å²) in [5, 5.41) is 1.48. The minimum absolute atomic E-state index is 0.0695. The van der Waals surface area contributed by atoms with Crippen LogP contribution in [0.3, 0.4) is 0 Å². The van der Waals surface area contributed by atoms with E-state index in [1.54, 1.807) is 11.9 Å². The molecule has 22 heavy (non-hydrogen) atoms. The van der Waals surface area contributed by atoms with Gasteiger partial charge in [-0.25, -0.2) is 0 Å². The maximum Gasteiger partial charge on any atom is 0.269 e. The van der Waals surface area contributed by atoms with Gasteiger partial charge in [0.05, 0.1) is 5.02 Å². The lowest BCUT2D eigenvalue weighted by molar-refractivity contribution is 0.0997. The summed E-state index contributed by atoms with van der Waals surface area (Å²) in [6, 6.07) is 13.8. The first-order valence-electron chi connectivity index (χ1n) is 7.02. The zero-order chi connectivity index (χ0) is 15.9. The van der Waals surface area contributed by atoms with Gasteiger partial charge < -0.3 is 4.90 Å². The first kappa shape index (κ1) is 15.1. The molecule has 0 bridgehead atoms. The van der Waals surface area contributed by atoms with Crippen molar-refractivity contribution in [3.8, 4) is 0 Å². The van der Waals surface area contributed by atoms with Gasteiger partial charge >= 0.3 is 0 Å². The molecule has 0 spiro atoms. The number of hydrogen-bond acceptors (Lipinski definition) is 2. The number of rotatable bonds is 2. The van der Waals surface area contributed by atoms with E-state index in [1.165, 1.54) is 16.9 Å². The largest absolute Gasteiger partial charge is 0.310 e. The fourth-order valence-electron chi connectivity index (χ4n) is 2.51. The molecule has 0 unspecified atom stereocenters. The Morgan fingerprint density at radius 2 is 1.82 bits per heavy atom. The van der Waals surface area contributed by atoms with E-state index in [9.17, 15) is 4.79 Å². The lowest BCUT2D eigenvalue weighted by atomic mass is 10.1. The highest BCUT2D eigenvalue weighted by Crippen LogP contribution is 2.36. The van der Waals surface area contributed by atoms with E-state index < -0.39 is 0 Å². The fraction of sp³-hybridized carbons (Fsp3) is 0.167. The number of anilines is 1. The molecule has 0 saturated carbocycles. The third-order valence-corrected chi connectivity index (χ3v) is 5.63. The van der Waals surface area contributed by atoms with E-state index in [2.05, 4.69) is 0 Å². The molecule has 0 atom stereocenters. The van der Waals surface area contributed by atoms with Crippen LogP contribution in [0.1, 0.15) is 20.8 Å². The van der Waals surface area contributed by atoms with Crippen LogP contribution >= 0.6 is 22.9 Å². The zero-order valence-corrected chi connectivity index (χ0v) is 14.3. The smallest absolute Gasteiger partial charge is 0.269 e. The quantitative estimate of drug-likeness (QED) is 0.612. The summed E-state index contributed by atoms with van der Waals surface area (Å²) in [4.78, 5) is 15.1. The van der Waals surface area contributed by atoms with E-state index in [0.29, 0.717) is 9.90 Å². The van der Waals surface area contributed by atoms with Crippen LogP contribution in [0.4, 0.5) is 5.69 Å². The van der Waals surface area contributed by atoms with Gasteiger partial charge in [-0.2, -0.15) is 0 Å². The maximum atomic E-state index is 12.9. The molecular weight excluding hydrogens is 314 g/mol. The molecule has 0 radical (unpaired) electrons. The summed E-state index contributed by atoms with van der Waals surface area (Å²) in [6.07, 6.45) is 0. The number of fused-ring (bicyclic) bond motifs is 1. The lowest BCUT2D eigenvalue weighted by Gasteiger charge is -2.20. The Labute approximate surface area is 138 Å². The Bertz CT molecular complexity index is 869. The topological polar surface area (TPSA) is 20.3 Å². The summed E-state index contributed by atoms with van der Waals surface area (Å²) < 4.78 is 1.03. The van der Waals surface area contributed by atoms with Gasteiger partial charge in [0, 0.05) is 22.8 Å². The second-order valence-electron chi connectivity index (χ2n) is 5.32. The van der Waals surface area contributed by atoms with Crippen LogP contribution < -0.4 is 4.90 Å². The van der Waals surface area contributed by atoms with Crippen LogP contribution in [0.15, 0.2) is 42.5 Å². The number of thiophene rings is 1. The molecule has 1 aromatic heterocycles. The van der Waals surface area contributed by atoms with Crippen molar-refractivity contribution >= 4 is 44.6 Å². The number of hydrogen-bond donors (Lipinski definition) is 0. The standard InChI is InChI=1S/C18H16ClNOS/c1-11-7-6-9-14(12(11)2)20(3)18(21)17-16(19)13-8-4-5-10-15(13)22-17/h4-10H,1-3H3. The monoisotopic (exact) mass is 329 g/mol. The fourth-order valence-corrected chi connectivity index (χ4v) is 4.00. The lowest BCUT2D eigenvalue weighted by Crippen LogP contribution is -2.26. The normalized spacial score (nSPS) is 10.9. The highest BCUT2D eigenvalue weighted by Gasteiger charge is 2.22. The van der Waals surface area contributed by atoms with Gasteiger partial charge in [0.2, 0.25) is 0 Å². The number of nitrogens with zero attached hydrogens (tertiary/aromatic N) is 1. The summed E-state index contributed by atoms with van der Waals surface area (Å²) in [5.41, 5.74) is 3.19. The van der Waals surface area contributed by atoms with E-state index in [0.717, 1.165) is 21.3 Å². The van der Waals surface area contributed by atoms with Crippen molar-refractivity contribution in [1.29, 1.82) is 0 Å². The van der Waals surface area contributed by atoms with E-state index in [-0.39, 0.29) is 5.91 Å². The van der Waals surface area contributed by atoms with Crippen LogP contribution in [0.25, 0.3) is 10.1 Å². The van der Waals surface area contributed by atoms with Gasteiger partial charge in [0.15, 0.2) is 0 Å². The number of benzene rings is 2. The Morgan fingerprint density at radius 3 is 2.55 bits per heavy atom. The first-order chi connectivity index (χ1) is 10.5. The van der Waals surface area contributed by atoms with Crippen LogP contribution in [-0.2, 0) is 0 Å². The molecule has 112 valence electrons. The molecule has 3 rings (SSSR count). The number of amides is 1. The summed E-state index contributed by atoms with van der Waals surface area (Å²) in [6.45, 7) is 4.07. The molecule has 2 nitrogen and oxygen atoms in total. The SMILES string of the molecule is Cc1cccc(N(C)C(=O)c2sc3ccccc3c2Cl)c1C. The summed E-state index contributed by atoms with van der Waals surface area (Å²) >= 11 is 7.86. The van der Waals surface area contributed by atoms with Crippen molar-refractivity contribution in [2.75, 3.05) is 11.9 Å². The highest BCUT2D eigenvalue weighted by molar-refractivity contribution is 7.21. The van der Waals surface area contributed by atoms with Crippen LogP contribution in [0, 0.1) is 13.8 Å². The van der Waals surface area contributed by atoms with Crippen molar-refractivity contribution in [3.05, 3.63) is 63.5 Å². The van der Waals surface area contributed by atoms with Crippen molar-refractivity contribution < 1.29 is 4.79 Å². The Hall–Kier alpha value is -1.84. The molecule has 0 fully saturated rings. The minimum Gasteiger partial charge on any atom is -0.310 e. The number of aryl methyl sites for hydroxylation is 1. The zero-order valence-electron chi connectivity index (χ0n) is 12.7. The molecule has 0 aliphatic rings. The van der Waals surface area contributed by atoms with Gasteiger partial charge in [-0.1, -0.05) is 41.9 Å². The average Bonchev–Trinajstić information content (AvgIpc) is 2.86. The van der Waals surface area contributed by atoms with E-state index in [1.807, 2.05) is 56.3 Å². The van der Waals surface area contributed by atoms with Gasteiger partial charge in [0.25, 0.3) is 5.91 Å². The van der Waals surface area contributed by atoms with Crippen molar-refractivity contribution in [3.63, 3.8) is 0 Å². The van der Waals surface area contributed by atoms with E-state index in [4.69, 9.17) is 11.6 Å². The molecule has 0 N–H and O–H groups in total. The molecule has 0 aliphatic heterocycles. The molecule has 1 heterocycles. The Balaban J connectivity index is 2.05. The van der Waals surface area contributed by atoms with E-state index >= 15 is 0 Å². The van der Waals surface area contributed by atoms with Crippen LogP contribution in [0.2, 0.25) is 5.02 Å². The number of halogens is 1. The second-order valence-corrected chi connectivity index (χ2v) is 6.75. The minimum atomic E-state index is -0.0695. The second kappa shape index (κ2) is 5.75.